The van der Waals surface area contributed by atoms with E-state index >= 15 is 0 Å². The molecule has 2 aromatic carbocycles. The van der Waals surface area contributed by atoms with Gasteiger partial charge in [0.15, 0.2) is 11.5 Å². The van der Waals surface area contributed by atoms with Crippen LogP contribution < -0.4 is 14.2 Å². The molecule has 3 heterocycles. The van der Waals surface area contributed by atoms with Crippen LogP contribution in [0.4, 0.5) is 0 Å². The van der Waals surface area contributed by atoms with Crippen molar-refractivity contribution < 1.29 is 14.2 Å². The van der Waals surface area contributed by atoms with Crippen molar-refractivity contribution in [3.8, 4) is 17.2 Å². The summed E-state index contributed by atoms with van der Waals surface area (Å²) in [7, 11) is 3.40. The molecule has 178 valence electrons. The summed E-state index contributed by atoms with van der Waals surface area (Å²) < 4.78 is 17.3. The van der Waals surface area contributed by atoms with Crippen molar-refractivity contribution in [2.75, 3.05) is 53.6 Å². The van der Waals surface area contributed by atoms with Crippen molar-refractivity contribution in [1.29, 1.82) is 0 Å². The van der Waals surface area contributed by atoms with Crippen molar-refractivity contribution in [1.82, 2.24) is 9.80 Å². The zero-order chi connectivity index (χ0) is 22.6. The van der Waals surface area contributed by atoms with E-state index in [0.29, 0.717) is 12.0 Å². The van der Waals surface area contributed by atoms with Gasteiger partial charge < -0.3 is 19.1 Å². The van der Waals surface area contributed by atoms with E-state index in [0.717, 1.165) is 43.4 Å². The minimum atomic E-state index is 0.335. The number of likely N-dealkylation sites (tertiary alicyclic amines) is 1. The minimum Gasteiger partial charge on any atom is -0.494 e. The average Bonchev–Trinajstić information content (AvgIpc) is 3.35. The Morgan fingerprint density at radius 3 is 2.52 bits per heavy atom. The van der Waals surface area contributed by atoms with Gasteiger partial charge in [-0.2, -0.15) is 0 Å². The monoisotopic (exact) mass is 450 g/mol. The molecular weight excluding hydrogens is 412 g/mol. The van der Waals surface area contributed by atoms with E-state index in [1.165, 1.54) is 68.4 Å². The lowest BCUT2D eigenvalue weighted by atomic mass is 9.81. The Bertz CT molecular complexity index is 941. The first-order chi connectivity index (χ1) is 16.3. The van der Waals surface area contributed by atoms with Crippen LogP contribution in [0, 0.1) is 0 Å². The molecule has 0 unspecified atom stereocenters. The van der Waals surface area contributed by atoms with E-state index in [4.69, 9.17) is 14.2 Å². The molecular formula is C28H38N2O3. The molecule has 0 radical (unpaired) electrons. The predicted octanol–water partition coefficient (Wildman–Crippen LogP) is 5.24. The van der Waals surface area contributed by atoms with Crippen LogP contribution in [-0.2, 0) is 0 Å². The van der Waals surface area contributed by atoms with E-state index in [9.17, 15) is 0 Å². The molecule has 2 fully saturated rings. The largest absolute Gasteiger partial charge is 0.494 e. The van der Waals surface area contributed by atoms with Gasteiger partial charge in [-0.25, -0.2) is 0 Å². The maximum Gasteiger partial charge on any atom is 0.161 e. The lowest BCUT2D eigenvalue weighted by molar-refractivity contribution is 0.204. The molecule has 0 N–H and O–H groups in total. The van der Waals surface area contributed by atoms with Crippen LogP contribution in [0.5, 0.6) is 17.2 Å². The number of rotatable bonds is 8. The Labute approximate surface area is 198 Å². The predicted molar refractivity (Wildman–Crippen MR) is 132 cm³/mol. The zero-order valence-electron chi connectivity index (χ0n) is 20.2. The van der Waals surface area contributed by atoms with Crippen molar-refractivity contribution in [3.05, 3.63) is 53.1 Å². The lowest BCUT2D eigenvalue weighted by Gasteiger charge is -2.38. The third-order valence-corrected chi connectivity index (χ3v) is 7.72. The van der Waals surface area contributed by atoms with Crippen LogP contribution in [0.25, 0.3) is 0 Å². The maximum absolute atomic E-state index is 6.24. The van der Waals surface area contributed by atoms with Gasteiger partial charge in [0.25, 0.3) is 0 Å². The molecule has 5 rings (SSSR count). The normalized spacial score (nSPS) is 23.1. The zero-order valence-corrected chi connectivity index (χ0v) is 20.2. The number of ether oxygens (including phenoxy) is 3. The van der Waals surface area contributed by atoms with Gasteiger partial charge in [0, 0.05) is 25.0 Å². The van der Waals surface area contributed by atoms with Crippen molar-refractivity contribution in [2.45, 2.75) is 50.5 Å². The topological polar surface area (TPSA) is 34.2 Å². The Morgan fingerprint density at radius 1 is 0.848 bits per heavy atom. The number of nitrogens with zero attached hydrogens (tertiary/aromatic N) is 2. The van der Waals surface area contributed by atoms with E-state index in [2.05, 4.69) is 40.1 Å². The highest BCUT2D eigenvalue weighted by Gasteiger charge is 2.37. The summed E-state index contributed by atoms with van der Waals surface area (Å²) in [6, 6.07) is 13.7. The van der Waals surface area contributed by atoms with Crippen molar-refractivity contribution >= 4 is 0 Å². The van der Waals surface area contributed by atoms with Crippen LogP contribution in [0.15, 0.2) is 36.4 Å². The molecule has 3 aliphatic rings. The van der Waals surface area contributed by atoms with Crippen molar-refractivity contribution in [3.63, 3.8) is 0 Å². The summed E-state index contributed by atoms with van der Waals surface area (Å²) in [5, 5.41) is 0. The summed E-state index contributed by atoms with van der Waals surface area (Å²) >= 11 is 0. The third-order valence-electron chi connectivity index (χ3n) is 7.72. The second-order valence-electron chi connectivity index (χ2n) is 9.72. The Balaban J connectivity index is 1.33. The van der Waals surface area contributed by atoms with Crippen LogP contribution in [0.2, 0.25) is 0 Å². The molecule has 0 amide bonds. The van der Waals surface area contributed by atoms with E-state index in [1.807, 2.05) is 6.07 Å². The Hall–Kier alpha value is -2.24. The number of hydrogen-bond acceptors (Lipinski definition) is 5. The summed E-state index contributed by atoms with van der Waals surface area (Å²) in [4.78, 5) is 5.24. The molecule has 5 nitrogen and oxygen atoms in total. The molecule has 0 aromatic heterocycles. The van der Waals surface area contributed by atoms with Crippen LogP contribution in [0.3, 0.4) is 0 Å². The minimum absolute atomic E-state index is 0.335. The number of fused-ring (bicyclic) bond motifs is 3. The maximum atomic E-state index is 6.24. The number of methoxy groups -OCH3 is 2. The summed E-state index contributed by atoms with van der Waals surface area (Å²) in [6.45, 7) is 6.70. The highest BCUT2D eigenvalue weighted by Crippen LogP contribution is 2.46. The molecule has 33 heavy (non-hydrogen) atoms. The van der Waals surface area contributed by atoms with E-state index in [-0.39, 0.29) is 0 Å². The molecule has 0 spiro atoms. The molecule has 2 saturated heterocycles. The van der Waals surface area contributed by atoms with Crippen molar-refractivity contribution in [2.24, 2.45) is 0 Å². The first-order valence-corrected chi connectivity index (χ1v) is 12.7. The SMILES string of the molecule is COc1ccc([C@H]2CN3CCC[C@H]3c3cc(OCCCN4CCCCC4)ccc32)cc1OC. The fourth-order valence-electron chi connectivity index (χ4n) is 5.99. The quantitative estimate of drug-likeness (QED) is 0.514. The summed E-state index contributed by atoms with van der Waals surface area (Å²) in [5.41, 5.74) is 4.17. The fraction of sp³-hybridized carbons (Fsp3) is 0.571. The second kappa shape index (κ2) is 10.4. The molecule has 5 heteroatoms. The molecule has 0 aliphatic carbocycles. The summed E-state index contributed by atoms with van der Waals surface area (Å²) in [5.74, 6) is 2.94. The van der Waals surface area contributed by atoms with Crippen LogP contribution in [0.1, 0.15) is 67.2 Å². The first-order valence-electron chi connectivity index (χ1n) is 12.7. The van der Waals surface area contributed by atoms with Gasteiger partial charge in [0.05, 0.1) is 20.8 Å². The van der Waals surface area contributed by atoms with E-state index < -0.39 is 0 Å². The standard InChI is InChI=1S/C28H38N2O3/c1-31-27-12-9-21(18-28(27)32-2)25-20-30-16-6-8-26(30)24-19-22(10-11-23(24)25)33-17-7-15-29-13-4-3-5-14-29/h9-12,18-19,25-26H,3-8,13-17,20H2,1-2H3/t25-,26+/m1/s1. The second-order valence-corrected chi connectivity index (χ2v) is 9.72. The molecule has 3 aliphatic heterocycles. The number of piperidine rings is 1. The average molecular weight is 451 g/mol. The Kier molecular flexibility index (Phi) is 7.07. The smallest absolute Gasteiger partial charge is 0.161 e. The molecule has 2 aromatic rings. The summed E-state index contributed by atoms with van der Waals surface area (Å²) in [6.07, 6.45) is 7.70. The molecule has 2 atom stereocenters. The van der Waals surface area contributed by atoms with Crippen LogP contribution in [-0.4, -0.2) is 63.4 Å². The highest BCUT2D eigenvalue weighted by atomic mass is 16.5. The molecule has 0 bridgehead atoms. The third kappa shape index (κ3) is 4.85. The Morgan fingerprint density at radius 2 is 1.70 bits per heavy atom. The fourth-order valence-corrected chi connectivity index (χ4v) is 5.99. The van der Waals surface area contributed by atoms with Gasteiger partial charge in [0.2, 0.25) is 0 Å². The number of benzene rings is 2. The van der Waals surface area contributed by atoms with Crippen LogP contribution >= 0.6 is 0 Å². The van der Waals surface area contributed by atoms with Gasteiger partial charge in [0.1, 0.15) is 5.75 Å². The van der Waals surface area contributed by atoms with Gasteiger partial charge in [-0.05, 0) is 92.7 Å². The molecule has 0 saturated carbocycles. The highest BCUT2D eigenvalue weighted by molar-refractivity contribution is 5.50. The van der Waals surface area contributed by atoms with E-state index in [1.54, 1.807) is 14.2 Å². The van der Waals surface area contributed by atoms with Gasteiger partial charge in [-0.3, -0.25) is 4.90 Å². The first kappa shape index (κ1) is 22.5. The van der Waals surface area contributed by atoms with Gasteiger partial charge in [-0.1, -0.05) is 18.6 Å². The van der Waals surface area contributed by atoms with Gasteiger partial charge in [-0.15, -0.1) is 0 Å². The number of hydrogen-bond donors (Lipinski definition) is 0. The van der Waals surface area contributed by atoms with Gasteiger partial charge >= 0.3 is 0 Å². The lowest BCUT2D eigenvalue weighted by Crippen LogP contribution is -2.34.